The summed E-state index contributed by atoms with van der Waals surface area (Å²) in [4.78, 5) is 13.7. The fourth-order valence-electron chi connectivity index (χ4n) is 2.77. The molecule has 5 heteroatoms. The van der Waals surface area contributed by atoms with Crippen LogP contribution in [0.2, 0.25) is 0 Å². The number of hydrogen-bond donors (Lipinski definition) is 2. The Morgan fingerprint density at radius 2 is 2.13 bits per heavy atom. The van der Waals surface area contributed by atoms with Crippen molar-refractivity contribution in [2.24, 2.45) is 5.92 Å². The van der Waals surface area contributed by atoms with Crippen molar-refractivity contribution < 1.29 is 9.90 Å². The number of aromatic nitrogens is 1. The van der Waals surface area contributed by atoms with Crippen LogP contribution < -0.4 is 5.32 Å². The smallest absolute Gasteiger partial charge is 0.253 e. The SMILES string of the molecule is Cc1cc(C(=O)NCC(O)CC(C)C)c(C)n1Cc1cccs1. The Morgan fingerprint density at radius 3 is 2.74 bits per heavy atom. The molecule has 4 nitrogen and oxygen atoms in total. The summed E-state index contributed by atoms with van der Waals surface area (Å²) in [5.41, 5.74) is 2.73. The molecule has 0 saturated heterocycles. The number of aliphatic hydroxyl groups excluding tert-OH is 1. The molecule has 126 valence electrons. The van der Waals surface area contributed by atoms with Gasteiger partial charge in [-0.1, -0.05) is 19.9 Å². The van der Waals surface area contributed by atoms with Crippen LogP contribution in [0, 0.1) is 19.8 Å². The van der Waals surface area contributed by atoms with Crippen molar-refractivity contribution in [2.75, 3.05) is 6.54 Å². The number of amides is 1. The van der Waals surface area contributed by atoms with Gasteiger partial charge in [0.05, 0.1) is 18.2 Å². The second kappa shape index (κ2) is 7.79. The molecule has 0 fully saturated rings. The fourth-order valence-corrected chi connectivity index (χ4v) is 3.46. The quantitative estimate of drug-likeness (QED) is 0.816. The topological polar surface area (TPSA) is 54.3 Å². The molecule has 2 rings (SSSR count). The minimum absolute atomic E-state index is 0.113. The Labute approximate surface area is 142 Å². The maximum Gasteiger partial charge on any atom is 0.253 e. The number of aliphatic hydroxyl groups is 1. The molecule has 0 aliphatic rings. The highest BCUT2D eigenvalue weighted by atomic mass is 32.1. The first-order valence-corrected chi connectivity index (χ1v) is 8.91. The van der Waals surface area contributed by atoms with E-state index in [1.54, 1.807) is 11.3 Å². The van der Waals surface area contributed by atoms with Gasteiger partial charge in [-0.25, -0.2) is 0 Å². The number of rotatable bonds is 7. The van der Waals surface area contributed by atoms with Gasteiger partial charge in [0, 0.05) is 22.8 Å². The first kappa shape index (κ1) is 17.8. The second-order valence-corrected chi connectivity index (χ2v) is 7.48. The summed E-state index contributed by atoms with van der Waals surface area (Å²) >= 11 is 1.72. The summed E-state index contributed by atoms with van der Waals surface area (Å²) in [6.45, 7) is 9.20. The summed E-state index contributed by atoms with van der Waals surface area (Å²) in [7, 11) is 0. The van der Waals surface area contributed by atoms with Gasteiger partial charge in [-0.15, -0.1) is 11.3 Å². The molecule has 0 aromatic carbocycles. The molecule has 0 bridgehead atoms. The van der Waals surface area contributed by atoms with Crippen molar-refractivity contribution in [1.82, 2.24) is 9.88 Å². The summed E-state index contributed by atoms with van der Waals surface area (Å²) in [6.07, 6.45) is 0.200. The number of carbonyl (C=O) groups is 1. The first-order chi connectivity index (χ1) is 10.9. The molecule has 0 radical (unpaired) electrons. The van der Waals surface area contributed by atoms with E-state index >= 15 is 0 Å². The van der Waals surface area contributed by atoms with E-state index in [0.717, 1.165) is 17.9 Å². The van der Waals surface area contributed by atoms with Gasteiger partial charge in [0.15, 0.2) is 0 Å². The van der Waals surface area contributed by atoms with Crippen molar-refractivity contribution in [3.05, 3.63) is 45.4 Å². The average molecular weight is 334 g/mol. The van der Waals surface area contributed by atoms with Gasteiger partial charge < -0.3 is 15.0 Å². The van der Waals surface area contributed by atoms with Crippen LogP contribution in [-0.4, -0.2) is 28.2 Å². The fraction of sp³-hybridized carbons (Fsp3) is 0.500. The van der Waals surface area contributed by atoms with E-state index < -0.39 is 6.10 Å². The molecule has 1 unspecified atom stereocenters. The van der Waals surface area contributed by atoms with Crippen LogP contribution in [0.3, 0.4) is 0 Å². The minimum atomic E-state index is -0.492. The lowest BCUT2D eigenvalue weighted by Crippen LogP contribution is -2.33. The zero-order valence-corrected chi connectivity index (χ0v) is 15.1. The van der Waals surface area contributed by atoms with E-state index in [0.29, 0.717) is 24.4 Å². The predicted molar refractivity (Wildman–Crippen MR) is 95.1 cm³/mol. The average Bonchev–Trinajstić information content (AvgIpc) is 3.08. The molecule has 23 heavy (non-hydrogen) atoms. The van der Waals surface area contributed by atoms with Crippen LogP contribution >= 0.6 is 11.3 Å². The van der Waals surface area contributed by atoms with Gasteiger partial charge in [-0.2, -0.15) is 0 Å². The molecular formula is C18H26N2O2S. The Balaban J connectivity index is 2.03. The molecule has 1 atom stereocenters. The molecule has 2 N–H and O–H groups in total. The Bertz CT molecular complexity index is 644. The maximum absolute atomic E-state index is 12.4. The highest BCUT2D eigenvalue weighted by Gasteiger charge is 2.17. The molecular weight excluding hydrogens is 308 g/mol. The molecule has 0 spiro atoms. The van der Waals surface area contributed by atoms with Gasteiger partial charge in [0.25, 0.3) is 5.91 Å². The minimum Gasteiger partial charge on any atom is -0.391 e. The van der Waals surface area contributed by atoms with Crippen LogP contribution in [-0.2, 0) is 6.54 Å². The summed E-state index contributed by atoms with van der Waals surface area (Å²) < 4.78 is 2.16. The number of carbonyl (C=O) groups excluding carboxylic acids is 1. The third kappa shape index (κ3) is 4.69. The van der Waals surface area contributed by atoms with Crippen LogP contribution in [0.15, 0.2) is 23.6 Å². The largest absolute Gasteiger partial charge is 0.391 e. The predicted octanol–water partition coefficient (Wildman–Crippen LogP) is 3.35. The summed E-state index contributed by atoms with van der Waals surface area (Å²) in [5, 5.41) is 14.8. The highest BCUT2D eigenvalue weighted by molar-refractivity contribution is 7.09. The van der Waals surface area contributed by atoms with E-state index in [1.807, 2.05) is 26.0 Å². The van der Waals surface area contributed by atoms with Crippen LogP contribution in [0.25, 0.3) is 0 Å². The van der Waals surface area contributed by atoms with Crippen molar-refractivity contribution >= 4 is 17.2 Å². The monoisotopic (exact) mass is 334 g/mol. The lowest BCUT2D eigenvalue weighted by molar-refractivity contribution is 0.0899. The number of hydrogen-bond acceptors (Lipinski definition) is 3. The number of nitrogens with zero attached hydrogens (tertiary/aromatic N) is 1. The van der Waals surface area contributed by atoms with Gasteiger partial charge in [0.1, 0.15) is 0 Å². The molecule has 1 amide bonds. The zero-order valence-electron chi connectivity index (χ0n) is 14.3. The standard InChI is InChI=1S/C18H26N2O2S/c1-12(2)8-15(21)10-19-18(22)17-9-13(3)20(14(17)4)11-16-6-5-7-23-16/h5-7,9,12,15,21H,8,10-11H2,1-4H3,(H,19,22). The van der Waals surface area contributed by atoms with Crippen LogP contribution in [0.4, 0.5) is 0 Å². The lowest BCUT2D eigenvalue weighted by atomic mass is 10.1. The molecule has 0 aliphatic heterocycles. The van der Waals surface area contributed by atoms with E-state index in [2.05, 4.69) is 35.2 Å². The lowest BCUT2D eigenvalue weighted by Gasteiger charge is -2.14. The molecule has 2 heterocycles. The maximum atomic E-state index is 12.4. The Hall–Kier alpha value is -1.59. The number of aryl methyl sites for hydroxylation is 1. The van der Waals surface area contributed by atoms with E-state index in [4.69, 9.17) is 0 Å². The van der Waals surface area contributed by atoms with Crippen molar-refractivity contribution in [2.45, 2.75) is 46.8 Å². The van der Waals surface area contributed by atoms with Gasteiger partial charge in [0.2, 0.25) is 0 Å². The normalized spacial score (nSPS) is 12.6. The third-order valence-corrected chi connectivity index (χ3v) is 4.82. The van der Waals surface area contributed by atoms with E-state index in [-0.39, 0.29) is 5.91 Å². The second-order valence-electron chi connectivity index (χ2n) is 6.44. The first-order valence-electron chi connectivity index (χ1n) is 8.03. The summed E-state index contributed by atoms with van der Waals surface area (Å²) in [6, 6.07) is 6.07. The zero-order chi connectivity index (χ0) is 17.0. The van der Waals surface area contributed by atoms with Gasteiger partial charge in [-0.3, -0.25) is 4.79 Å². The molecule has 0 saturated carbocycles. The van der Waals surface area contributed by atoms with Crippen LogP contribution in [0.5, 0.6) is 0 Å². The van der Waals surface area contributed by atoms with Crippen LogP contribution in [0.1, 0.15) is 46.9 Å². The van der Waals surface area contributed by atoms with Crippen molar-refractivity contribution in [1.29, 1.82) is 0 Å². The van der Waals surface area contributed by atoms with Crippen molar-refractivity contribution in [3.8, 4) is 0 Å². The molecule has 0 aliphatic carbocycles. The van der Waals surface area contributed by atoms with Gasteiger partial charge >= 0.3 is 0 Å². The number of nitrogens with one attached hydrogen (secondary N) is 1. The van der Waals surface area contributed by atoms with E-state index in [9.17, 15) is 9.90 Å². The van der Waals surface area contributed by atoms with E-state index in [1.165, 1.54) is 4.88 Å². The Morgan fingerprint density at radius 1 is 1.39 bits per heavy atom. The number of thiophene rings is 1. The molecule has 2 aromatic heterocycles. The van der Waals surface area contributed by atoms with Crippen molar-refractivity contribution in [3.63, 3.8) is 0 Å². The summed E-state index contributed by atoms with van der Waals surface area (Å²) in [5.74, 6) is 0.302. The highest BCUT2D eigenvalue weighted by Crippen LogP contribution is 2.19. The third-order valence-electron chi connectivity index (χ3n) is 3.95. The Kier molecular flexibility index (Phi) is 6.02. The van der Waals surface area contributed by atoms with Gasteiger partial charge in [-0.05, 0) is 43.7 Å². The molecule has 2 aromatic rings.